The molecule has 0 aromatic heterocycles. The fourth-order valence-corrected chi connectivity index (χ4v) is 1.53. The van der Waals surface area contributed by atoms with Crippen LogP contribution in [0.5, 0.6) is 0 Å². The predicted molar refractivity (Wildman–Crippen MR) is 75.7 cm³/mol. The van der Waals surface area contributed by atoms with Crippen LogP contribution in [0.3, 0.4) is 0 Å². The first-order chi connectivity index (χ1) is 8.47. The molecule has 1 amide bonds. The number of carbonyl (C=O) groups excluding carboxylic acids is 1. The Hall–Kier alpha value is -0.610. The van der Waals surface area contributed by atoms with Gasteiger partial charge in [-0.2, -0.15) is 0 Å². The molecule has 0 heterocycles. The zero-order valence-corrected chi connectivity index (χ0v) is 12.7. The Labute approximate surface area is 112 Å². The van der Waals surface area contributed by atoms with Gasteiger partial charge in [0.1, 0.15) is 0 Å². The number of nitrogens with zero attached hydrogens (tertiary/aromatic N) is 2. The maximum absolute atomic E-state index is 11.8. The summed E-state index contributed by atoms with van der Waals surface area (Å²) in [4.78, 5) is 15.6. The molecule has 0 bridgehead atoms. The van der Waals surface area contributed by atoms with Gasteiger partial charge in [0.05, 0.1) is 12.6 Å². The summed E-state index contributed by atoms with van der Waals surface area (Å²) in [5.74, 6) is 0.206. The van der Waals surface area contributed by atoms with Crippen molar-refractivity contribution in [1.82, 2.24) is 9.80 Å². The van der Waals surface area contributed by atoms with E-state index in [1.54, 1.807) is 0 Å². The van der Waals surface area contributed by atoms with Crippen molar-refractivity contribution in [2.45, 2.75) is 46.1 Å². The van der Waals surface area contributed by atoms with Crippen LogP contribution in [0.25, 0.3) is 0 Å². The Bertz CT molecular complexity index is 220. The second-order valence-electron chi connectivity index (χ2n) is 5.13. The molecule has 0 aliphatic rings. The first-order valence-corrected chi connectivity index (χ1v) is 7.01. The third-order valence-corrected chi connectivity index (χ3v) is 2.96. The number of carbonyl (C=O) groups is 1. The van der Waals surface area contributed by atoms with Gasteiger partial charge in [-0.1, -0.05) is 6.92 Å². The van der Waals surface area contributed by atoms with E-state index in [0.717, 1.165) is 39.0 Å². The van der Waals surface area contributed by atoms with Gasteiger partial charge >= 0.3 is 0 Å². The Kier molecular flexibility index (Phi) is 9.98. The molecule has 0 unspecified atom stereocenters. The van der Waals surface area contributed by atoms with Crippen molar-refractivity contribution in [3.05, 3.63) is 0 Å². The highest BCUT2D eigenvalue weighted by Gasteiger charge is 2.09. The van der Waals surface area contributed by atoms with Crippen molar-refractivity contribution in [3.8, 4) is 0 Å². The minimum absolute atomic E-state index is 0.206. The molecular formula is C14H30N2O2. The second-order valence-corrected chi connectivity index (χ2v) is 5.13. The fraction of sp³-hybridized carbons (Fsp3) is 0.929. The van der Waals surface area contributed by atoms with Crippen LogP contribution in [0.4, 0.5) is 0 Å². The summed E-state index contributed by atoms with van der Waals surface area (Å²) in [7, 11) is 3.85. The highest BCUT2D eigenvalue weighted by Crippen LogP contribution is 2.00. The molecule has 0 saturated carbocycles. The van der Waals surface area contributed by atoms with E-state index < -0.39 is 0 Å². The first kappa shape index (κ1) is 17.4. The number of likely N-dealkylation sites (N-methyl/N-ethyl adjacent to an activating group) is 2. The number of hydrogen-bond donors (Lipinski definition) is 0. The number of hydrogen-bond acceptors (Lipinski definition) is 3. The van der Waals surface area contributed by atoms with Crippen LogP contribution < -0.4 is 0 Å². The minimum atomic E-state index is 0.206. The summed E-state index contributed by atoms with van der Waals surface area (Å²) in [6.45, 7) is 9.26. The van der Waals surface area contributed by atoms with Gasteiger partial charge in [0.25, 0.3) is 0 Å². The highest BCUT2D eigenvalue weighted by atomic mass is 16.5. The Balaban J connectivity index is 3.52. The summed E-state index contributed by atoms with van der Waals surface area (Å²) in [6, 6.07) is 0. The largest absolute Gasteiger partial charge is 0.379 e. The standard InChI is InChI=1S/C14H30N2O2/c1-6-15(4)12-14(17)16(5)10-8-7-9-11-18-13(2)3/h13H,6-12H2,1-5H3. The molecule has 0 aromatic rings. The average Bonchev–Trinajstić information content (AvgIpc) is 2.32. The monoisotopic (exact) mass is 258 g/mol. The summed E-state index contributed by atoms with van der Waals surface area (Å²) < 4.78 is 5.48. The van der Waals surface area contributed by atoms with E-state index in [4.69, 9.17) is 4.74 Å². The van der Waals surface area contributed by atoms with E-state index in [1.807, 2.05) is 23.9 Å². The Morgan fingerprint density at radius 3 is 2.39 bits per heavy atom. The molecule has 0 aromatic carbocycles. The molecule has 108 valence electrons. The molecule has 0 fully saturated rings. The molecular weight excluding hydrogens is 228 g/mol. The molecule has 0 spiro atoms. The number of unbranched alkanes of at least 4 members (excludes halogenated alkanes) is 2. The SMILES string of the molecule is CCN(C)CC(=O)N(C)CCCCCOC(C)C. The molecule has 0 saturated heterocycles. The predicted octanol–water partition coefficient (Wildman–Crippen LogP) is 1.99. The van der Waals surface area contributed by atoms with E-state index >= 15 is 0 Å². The van der Waals surface area contributed by atoms with Gasteiger partial charge < -0.3 is 9.64 Å². The maximum atomic E-state index is 11.8. The van der Waals surface area contributed by atoms with Gasteiger partial charge in [-0.05, 0) is 46.7 Å². The number of amides is 1. The molecule has 0 aliphatic heterocycles. The third kappa shape index (κ3) is 9.42. The Morgan fingerprint density at radius 1 is 1.17 bits per heavy atom. The summed E-state index contributed by atoms with van der Waals surface area (Å²) in [6.07, 6.45) is 3.57. The maximum Gasteiger partial charge on any atom is 0.236 e. The van der Waals surface area contributed by atoms with Crippen molar-refractivity contribution in [2.75, 3.05) is 40.3 Å². The fourth-order valence-electron chi connectivity index (χ4n) is 1.53. The van der Waals surface area contributed by atoms with Gasteiger partial charge in [-0.3, -0.25) is 9.69 Å². The van der Waals surface area contributed by atoms with Crippen LogP contribution in [-0.4, -0.2) is 62.1 Å². The third-order valence-electron chi connectivity index (χ3n) is 2.96. The summed E-state index contributed by atoms with van der Waals surface area (Å²) >= 11 is 0. The van der Waals surface area contributed by atoms with Crippen LogP contribution in [-0.2, 0) is 9.53 Å². The van der Waals surface area contributed by atoms with Gasteiger partial charge in [0.2, 0.25) is 5.91 Å². The molecule has 0 atom stereocenters. The molecule has 0 aliphatic carbocycles. The van der Waals surface area contributed by atoms with E-state index in [2.05, 4.69) is 20.8 Å². The quantitative estimate of drug-likeness (QED) is 0.562. The van der Waals surface area contributed by atoms with Gasteiger partial charge in [0, 0.05) is 20.2 Å². The van der Waals surface area contributed by atoms with Gasteiger partial charge in [-0.15, -0.1) is 0 Å². The van der Waals surface area contributed by atoms with Crippen molar-refractivity contribution >= 4 is 5.91 Å². The normalized spacial score (nSPS) is 11.3. The molecule has 0 rings (SSSR count). The average molecular weight is 258 g/mol. The molecule has 4 nitrogen and oxygen atoms in total. The van der Waals surface area contributed by atoms with Crippen LogP contribution in [0.2, 0.25) is 0 Å². The lowest BCUT2D eigenvalue weighted by molar-refractivity contribution is -0.130. The van der Waals surface area contributed by atoms with E-state index in [0.29, 0.717) is 12.6 Å². The van der Waals surface area contributed by atoms with Crippen molar-refractivity contribution in [1.29, 1.82) is 0 Å². The number of ether oxygens (including phenoxy) is 1. The van der Waals surface area contributed by atoms with Crippen molar-refractivity contribution in [3.63, 3.8) is 0 Å². The molecule has 0 N–H and O–H groups in total. The molecule has 0 radical (unpaired) electrons. The minimum Gasteiger partial charge on any atom is -0.379 e. The van der Waals surface area contributed by atoms with Crippen LogP contribution in [0.1, 0.15) is 40.0 Å². The smallest absolute Gasteiger partial charge is 0.236 e. The molecule has 4 heteroatoms. The van der Waals surface area contributed by atoms with E-state index in [-0.39, 0.29) is 5.91 Å². The van der Waals surface area contributed by atoms with Gasteiger partial charge in [0.15, 0.2) is 0 Å². The second kappa shape index (κ2) is 10.3. The van der Waals surface area contributed by atoms with Crippen LogP contribution in [0.15, 0.2) is 0 Å². The summed E-state index contributed by atoms with van der Waals surface area (Å²) in [5.41, 5.74) is 0. The van der Waals surface area contributed by atoms with Crippen LogP contribution in [0, 0.1) is 0 Å². The first-order valence-electron chi connectivity index (χ1n) is 7.01. The highest BCUT2D eigenvalue weighted by molar-refractivity contribution is 5.77. The zero-order chi connectivity index (χ0) is 14.0. The summed E-state index contributed by atoms with van der Waals surface area (Å²) in [5, 5.41) is 0. The van der Waals surface area contributed by atoms with E-state index in [9.17, 15) is 4.79 Å². The Morgan fingerprint density at radius 2 is 1.83 bits per heavy atom. The van der Waals surface area contributed by atoms with Crippen molar-refractivity contribution in [2.24, 2.45) is 0 Å². The topological polar surface area (TPSA) is 32.8 Å². The van der Waals surface area contributed by atoms with Gasteiger partial charge in [-0.25, -0.2) is 0 Å². The lowest BCUT2D eigenvalue weighted by Gasteiger charge is -2.20. The lowest BCUT2D eigenvalue weighted by atomic mass is 10.2. The van der Waals surface area contributed by atoms with Crippen molar-refractivity contribution < 1.29 is 9.53 Å². The lowest BCUT2D eigenvalue weighted by Crippen LogP contribution is -2.37. The number of rotatable bonds is 10. The zero-order valence-electron chi connectivity index (χ0n) is 12.7. The molecule has 18 heavy (non-hydrogen) atoms. The van der Waals surface area contributed by atoms with E-state index in [1.165, 1.54) is 0 Å². The van der Waals surface area contributed by atoms with Crippen LogP contribution >= 0.6 is 0 Å².